The third-order valence-electron chi connectivity index (χ3n) is 14.8. The van der Waals surface area contributed by atoms with Crippen LogP contribution >= 0.6 is 0 Å². The predicted octanol–water partition coefficient (Wildman–Crippen LogP) is 1.05. The maximum atomic E-state index is 13.3. The van der Waals surface area contributed by atoms with E-state index < -0.39 is 148 Å². The van der Waals surface area contributed by atoms with Crippen molar-refractivity contribution in [3.63, 3.8) is 0 Å². The normalized spacial score (nSPS) is 31.6. The number of ether oxygens (including phenoxy) is 6. The minimum Gasteiger partial charge on any atom is -0.477 e. The van der Waals surface area contributed by atoms with Gasteiger partial charge in [0.1, 0.15) is 67.1 Å². The molecule has 23 nitrogen and oxygen atoms in total. The van der Waals surface area contributed by atoms with Crippen LogP contribution in [0.1, 0.15) is 181 Å². The summed E-state index contributed by atoms with van der Waals surface area (Å²) in [5, 5.41) is 135. The molecule has 0 aliphatic carbocycles. The molecule has 2 amide bonds. The van der Waals surface area contributed by atoms with Crippen LogP contribution in [0.4, 0.5) is 0 Å². The Morgan fingerprint density at radius 1 is 0.632 bits per heavy atom. The molecule has 3 aliphatic heterocycles. The van der Waals surface area contributed by atoms with Crippen molar-refractivity contribution in [3.05, 3.63) is 0 Å². The Bertz CT molecular complexity index is 1590. The molecule has 446 valence electrons. The summed E-state index contributed by atoms with van der Waals surface area (Å²) in [5.41, 5.74) is 0. The zero-order chi connectivity index (χ0) is 56.2. The number of carbonyl (C=O) groups excluding carboxylic acids is 2. The topological polar surface area (TPSA) is 373 Å². The SMILES string of the molecule is CCCCCCCCCCCCCCCC(O)C(COC1OC(CO)C(OC2OC(CO)C(O)C(OC3(C(=O)O)CC(O)C(NC(C)=O)C(C(O)C(O)CO)O3)C2O)C(O)C1O)NC(=O)CCCCCCCCCCC. The van der Waals surface area contributed by atoms with E-state index >= 15 is 0 Å². The van der Waals surface area contributed by atoms with E-state index in [0.29, 0.717) is 19.3 Å². The fourth-order valence-electron chi connectivity index (χ4n) is 10.2. The molecule has 23 heteroatoms. The molecule has 14 N–H and O–H groups in total. The molecule has 3 fully saturated rings. The molecule has 76 heavy (non-hydrogen) atoms. The third kappa shape index (κ3) is 22.0. The van der Waals surface area contributed by atoms with E-state index in [1.807, 2.05) is 0 Å². The molecule has 0 aromatic carbocycles. The van der Waals surface area contributed by atoms with Crippen molar-refractivity contribution in [1.29, 1.82) is 0 Å². The number of carboxylic acids is 1. The summed E-state index contributed by atoms with van der Waals surface area (Å²) in [6.45, 7) is 2.12. The standard InChI is InChI=1S/C53H98N2O21/c1-4-6-8-10-12-14-15-16-17-19-20-22-24-26-35(60)34(55-40(63)27-25-23-21-18-13-11-9-7-5-2)32-71-50-45(67)44(66)47(39(31-58)73-50)74-51-46(68)49(43(65)38(30-57)72-51)76-53(52(69)70)28-36(61)41(54-33(3)59)48(75-53)42(64)37(62)29-56/h34-39,41-51,56-58,60-62,64-68H,4-32H2,1-3H3,(H,54,59)(H,55,63)(H,69,70). The van der Waals surface area contributed by atoms with Gasteiger partial charge in [0.05, 0.1) is 50.7 Å². The summed E-state index contributed by atoms with van der Waals surface area (Å²) in [4.78, 5) is 38.2. The van der Waals surface area contributed by atoms with Crippen LogP contribution in [-0.4, -0.2) is 215 Å². The van der Waals surface area contributed by atoms with Crippen LogP contribution < -0.4 is 10.6 Å². The predicted molar refractivity (Wildman–Crippen MR) is 274 cm³/mol. The minimum absolute atomic E-state index is 0.226. The fraction of sp³-hybridized carbons (Fsp3) is 0.943. The molecule has 0 aromatic rings. The average molecular weight is 1100 g/mol. The highest BCUT2D eigenvalue weighted by Crippen LogP contribution is 2.38. The van der Waals surface area contributed by atoms with Crippen LogP contribution in [-0.2, 0) is 42.8 Å². The second-order valence-corrected chi connectivity index (χ2v) is 21.2. The summed E-state index contributed by atoms with van der Waals surface area (Å²) >= 11 is 0. The number of carboxylic acid groups (broad SMARTS) is 1. The Hall–Kier alpha value is -2.27. The Morgan fingerprint density at radius 3 is 1.64 bits per heavy atom. The lowest BCUT2D eigenvalue weighted by Crippen LogP contribution is -2.70. The molecule has 3 heterocycles. The van der Waals surface area contributed by atoms with Crippen molar-refractivity contribution >= 4 is 17.8 Å². The first kappa shape index (κ1) is 68.0. The second kappa shape index (κ2) is 36.9. The second-order valence-electron chi connectivity index (χ2n) is 21.2. The van der Waals surface area contributed by atoms with Crippen molar-refractivity contribution in [1.82, 2.24) is 10.6 Å². The van der Waals surface area contributed by atoms with Gasteiger partial charge in [0, 0.05) is 19.8 Å². The van der Waals surface area contributed by atoms with E-state index in [9.17, 15) is 75.7 Å². The molecule has 0 radical (unpaired) electrons. The molecule has 0 aromatic heterocycles. The number of nitrogens with one attached hydrogen (secondary N) is 2. The Morgan fingerprint density at radius 2 is 1.14 bits per heavy atom. The summed E-state index contributed by atoms with van der Waals surface area (Å²) in [6.07, 6.45) is -4.05. The van der Waals surface area contributed by atoms with Gasteiger partial charge in [-0.05, 0) is 12.8 Å². The van der Waals surface area contributed by atoms with Gasteiger partial charge in [-0.15, -0.1) is 0 Å². The maximum Gasteiger partial charge on any atom is 0.364 e. The number of amides is 2. The van der Waals surface area contributed by atoms with E-state index in [0.717, 1.165) is 58.3 Å². The average Bonchev–Trinajstić information content (AvgIpc) is 3.39. The van der Waals surface area contributed by atoms with Gasteiger partial charge in [-0.3, -0.25) is 9.59 Å². The highest BCUT2D eigenvalue weighted by molar-refractivity contribution is 5.77. The van der Waals surface area contributed by atoms with Crippen molar-refractivity contribution in [2.24, 2.45) is 0 Å². The maximum absolute atomic E-state index is 13.3. The van der Waals surface area contributed by atoms with E-state index in [4.69, 9.17) is 28.4 Å². The fourth-order valence-corrected chi connectivity index (χ4v) is 10.2. The minimum atomic E-state index is -3.07. The summed E-state index contributed by atoms with van der Waals surface area (Å²) < 4.78 is 34.6. The smallest absolute Gasteiger partial charge is 0.364 e. The van der Waals surface area contributed by atoms with E-state index in [-0.39, 0.29) is 18.9 Å². The molecular weight excluding hydrogens is 1000 g/mol. The van der Waals surface area contributed by atoms with Crippen molar-refractivity contribution in [3.8, 4) is 0 Å². The van der Waals surface area contributed by atoms with Gasteiger partial charge < -0.3 is 100 Å². The number of aliphatic hydroxyl groups is 11. The molecule has 0 saturated carbocycles. The number of hydrogen-bond donors (Lipinski definition) is 14. The number of rotatable bonds is 40. The zero-order valence-electron chi connectivity index (χ0n) is 45.4. The van der Waals surface area contributed by atoms with Gasteiger partial charge in [-0.1, -0.05) is 149 Å². The summed E-state index contributed by atoms with van der Waals surface area (Å²) in [6, 6.07) is -2.52. The third-order valence-corrected chi connectivity index (χ3v) is 14.8. The van der Waals surface area contributed by atoms with E-state index in [1.54, 1.807) is 0 Å². The Balaban J connectivity index is 1.70. The number of unbranched alkanes of at least 4 members (excludes halogenated alkanes) is 20. The highest BCUT2D eigenvalue weighted by atomic mass is 16.8. The molecule has 18 atom stereocenters. The van der Waals surface area contributed by atoms with Crippen LogP contribution in [0, 0.1) is 0 Å². The largest absolute Gasteiger partial charge is 0.477 e. The van der Waals surface area contributed by atoms with Crippen LogP contribution in [0.2, 0.25) is 0 Å². The first-order chi connectivity index (χ1) is 36.4. The van der Waals surface area contributed by atoms with Crippen molar-refractivity contribution < 1.29 is 104 Å². The highest BCUT2D eigenvalue weighted by Gasteiger charge is 2.60. The van der Waals surface area contributed by atoms with Crippen LogP contribution in [0.5, 0.6) is 0 Å². The molecular formula is C53H98N2O21. The van der Waals surface area contributed by atoms with Gasteiger partial charge in [-0.2, -0.15) is 0 Å². The Kier molecular flexibility index (Phi) is 33.0. The number of aliphatic hydroxyl groups excluding tert-OH is 11. The van der Waals surface area contributed by atoms with Crippen LogP contribution in [0.3, 0.4) is 0 Å². The monoisotopic (exact) mass is 1100 g/mol. The Labute approximate surface area is 448 Å². The lowest BCUT2D eigenvalue weighted by atomic mass is 9.88. The quantitative estimate of drug-likeness (QED) is 0.0381. The van der Waals surface area contributed by atoms with Crippen molar-refractivity contribution in [2.75, 3.05) is 26.4 Å². The molecule has 0 spiro atoms. The number of carbonyl (C=O) groups is 3. The molecule has 3 aliphatic rings. The van der Waals surface area contributed by atoms with Gasteiger partial charge in [0.15, 0.2) is 12.6 Å². The van der Waals surface area contributed by atoms with Gasteiger partial charge in [0.25, 0.3) is 5.79 Å². The van der Waals surface area contributed by atoms with Crippen molar-refractivity contribution in [2.45, 2.75) is 291 Å². The first-order valence-corrected chi connectivity index (χ1v) is 28.4. The van der Waals surface area contributed by atoms with Crippen LogP contribution in [0.15, 0.2) is 0 Å². The molecule has 3 rings (SSSR count). The van der Waals surface area contributed by atoms with Gasteiger partial charge in [-0.25, -0.2) is 4.79 Å². The lowest BCUT2D eigenvalue weighted by molar-refractivity contribution is -0.386. The molecule has 3 saturated heterocycles. The molecule has 0 bridgehead atoms. The van der Waals surface area contributed by atoms with Gasteiger partial charge in [0.2, 0.25) is 11.8 Å². The number of aliphatic carboxylic acids is 1. The first-order valence-electron chi connectivity index (χ1n) is 28.4. The number of hydrogen-bond acceptors (Lipinski definition) is 20. The van der Waals surface area contributed by atoms with Crippen LogP contribution in [0.25, 0.3) is 0 Å². The summed E-state index contributed by atoms with van der Waals surface area (Å²) in [5.74, 6) is -6.10. The lowest BCUT2D eigenvalue weighted by Gasteiger charge is -2.50. The van der Waals surface area contributed by atoms with E-state index in [2.05, 4.69) is 24.5 Å². The van der Waals surface area contributed by atoms with E-state index in [1.165, 1.54) is 77.0 Å². The molecule has 18 unspecified atom stereocenters. The van der Waals surface area contributed by atoms with Gasteiger partial charge >= 0.3 is 5.97 Å². The summed E-state index contributed by atoms with van der Waals surface area (Å²) in [7, 11) is 0. The zero-order valence-corrected chi connectivity index (χ0v) is 45.4.